The number of piperidine rings is 1. The maximum absolute atomic E-state index is 13.0. The molecule has 0 bridgehead atoms. The van der Waals surface area contributed by atoms with Crippen LogP contribution in [0.2, 0.25) is 5.02 Å². The number of benzene rings is 1. The van der Waals surface area contributed by atoms with Crippen LogP contribution in [-0.4, -0.2) is 49.0 Å². The van der Waals surface area contributed by atoms with E-state index in [1.54, 1.807) is 24.3 Å². The zero-order valence-corrected chi connectivity index (χ0v) is 15.2. The minimum absolute atomic E-state index is 0.154. The average molecular weight is 384 g/mol. The molecule has 0 spiro atoms. The predicted octanol–water partition coefficient (Wildman–Crippen LogP) is 2.37. The van der Waals surface area contributed by atoms with Crippen molar-refractivity contribution in [1.29, 1.82) is 0 Å². The highest BCUT2D eigenvalue weighted by molar-refractivity contribution is 7.89. The van der Waals surface area contributed by atoms with Gasteiger partial charge in [0.1, 0.15) is 16.7 Å². The fourth-order valence-corrected chi connectivity index (χ4v) is 4.46. The summed E-state index contributed by atoms with van der Waals surface area (Å²) < 4.78 is 38.2. The molecular weight excluding hydrogens is 366 g/mol. The standard InChI is InChI=1S/C16H18ClN3O4S/c1-23-14-6-2-3-7-15(14)25(21,22)20-8-4-5-13(11-20)24-16-18-9-12(17)10-19-16/h2-3,6-7,9-10,13H,4-5,8,11H2,1H3. The summed E-state index contributed by atoms with van der Waals surface area (Å²) in [6, 6.07) is 6.77. The van der Waals surface area contributed by atoms with Crippen molar-refractivity contribution in [2.75, 3.05) is 20.2 Å². The molecule has 2 heterocycles. The first-order valence-electron chi connectivity index (χ1n) is 7.78. The van der Waals surface area contributed by atoms with Gasteiger partial charge in [-0.3, -0.25) is 0 Å². The summed E-state index contributed by atoms with van der Waals surface area (Å²) >= 11 is 5.75. The first kappa shape index (κ1) is 17.9. The molecule has 0 N–H and O–H groups in total. The zero-order valence-electron chi connectivity index (χ0n) is 13.6. The Bertz CT molecular complexity index is 830. The topological polar surface area (TPSA) is 81.6 Å². The van der Waals surface area contributed by atoms with Gasteiger partial charge in [0.15, 0.2) is 0 Å². The van der Waals surface area contributed by atoms with Gasteiger partial charge in [0.2, 0.25) is 10.0 Å². The Hall–Kier alpha value is -1.90. The van der Waals surface area contributed by atoms with Crippen LogP contribution in [0.25, 0.3) is 0 Å². The summed E-state index contributed by atoms with van der Waals surface area (Å²) in [6.07, 6.45) is 3.97. The molecule has 1 aromatic carbocycles. The maximum atomic E-state index is 13.0. The Morgan fingerprint density at radius 2 is 1.96 bits per heavy atom. The lowest BCUT2D eigenvalue weighted by Crippen LogP contribution is -2.44. The van der Waals surface area contributed by atoms with Gasteiger partial charge < -0.3 is 9.47 Å². The van der Waals surface area contributed by atoms with Gasteiger partial charge in [0.05, 0.1) is 31.1 Å². The highest BCUT2D eigenvalue weighted by atomic mass is 35.5. The van der Waals surface area contributed by atoms with Crippen LogP contribution >= 0.6 is 11.6 Å². The van der Waals surface area contributed by atoms with E-state index in [0.29, 0.717) is 23.7 Å². The first-order valence-corrected chi connectivity index (χ1v) is 9.60. The van der Waals surface area contributed by atoms with Gasteiger partial charge in [0.25, 0.3) is 0 Å². The molecule has 25 heavy (non-hydrogen) atoms. The van der Waals surface area contributed by atoms with Crippen LogP contribution in [0.3, 0.4) is 0 Å². The van der Waals surface area contributed by atoms with Crippen molar-refractivity contribution >= 4 is 21.6 Å². The number of rotatable bonds is 5. The number of hydrogen-bond donors (Lipinski definition) is 0. The second kappa shape index (κ2) is 7.55. The molecule has 1 fully saturated rings. The quantitative estimate of drug-likeness (QED) is 0.788. The van der Waals surface area contributed by atoms with Gasteiger partial charge in [-0.25, -0.2) is 18.4 Å². The Labute approximate surface area is 151 Å². The maximum Gasteiger partial charge on any atom is 0.316 e. The van der Waals surface area contributed by atoms with Crippen molar-refractivity contribution < 1.29 is 17.9 Å². The molecule has 7 nitrogen and oxygen atoms in total. The van der Waals surface area contributed by atoms with Gasteiger partial charge in [-0.15, -0.1) is 0 Å². The third-order valence-corrected chi connectivity index (χ3v) is 6.00. The van der Waals surface area contributed by atoms with Crippen molar-refractivity contribution in [1.82, 2.24) is 14.3 Å². The Balaban J connectivity index is 1.77. The Kier molecular flexibility index (Phi) is 5.41. The highest BCUT2D eigenvalue weighted by Crippen LogP contribution is 2.28. The largest absolute Gasteiger partial charge is 0.495 e. The molecule has 9 heteroatoms. The lowest BCUT2D eigenvalue weighted by atomic mass is 10.1. The summed E-state index contributed by atoms with van der Waals surface area (Å²) in [5.74, 6) is 0.326. The molecule has 134 valence electrons. The van der Waals surface area contributed by atoms with Crippen LogP contribution in [-0.2, 0) is 10.0 Å². The van der Waals surface area contributed by atoms with Crippen LogP contribution in [0, 0.1) is 0 Å². The van der Waals surface area contributed by atoms with Gasteiger partial charge in [0, 0.05) is 6.54 Å². The SMILES string of the molecule is COc1ccccc1S(=O)(=O)N1CCCC(Oc2ncc(Cl)cn2)C1. The number of para-hydroxylation sites is 1. The third-order valence-electron chi connectivity index (χ3n) is 3.90. The summed E-state index contributed by atoms with van der Waals surface area (Å²) in [5.41, 5.74) is 0. The van der Waals surface area contributed by atoms with Crippen molar-refractivity contribution in [3.05, 3.63) is 41.7 Å². The molecule has 1 atom stereocenters. The number of aromatic nitrogens is 2. The number of methoxy groups -OCH3 is 1. The molecule has 1 aliphatic rings. The normalized spacial score (nSPS) is 18.7. The summed E-state index contributed by atoms with van der Waals surface area (Å²) in [7, 11) is -2.22. The van der Waals surface area contributed by atoms with E-state index >= 15 is 0 Å². The molecule has 1 saturated heterocycles. The molecular formula is C16H18ClN3O4S. The van der Waals surface area contributed by atoms with Crippen LogP contribution in [0.1, 0.15) is 12.8 Å². The van der Waals surface area contributed by atoms with Gasteiger partial charge in [-0.05, 0) is 25.0 Å². The first-order chi connectivity index (χ1) is 12.0. The number of ether oxygens (including phenoxy) is 2. The highest BCUT2D eigenvalue weighted by Gasteiger charge is 2.33. The van der Waals surface area contributed by atoms with Crippen LogP contribution in [0.4, 0.5) is 0 Å². The van der Waals surface area contributed by atoms with Gasteiger partial charge >= 0.3 is 6.01 Å². The zero-order chi connectivity index (χ0) is 17.9. The number of halogens is 1. The average Bonchev–Trinajstić information content (AvgIpc) is 2.64. The number of sulfonamides is 1. The van der Waals surface area contributed by atoms with E-state index < -0.39 is 10.0 Å². The van der Waals surface area contributed by atoms with Crippen LogP contribution in [0.5, 0.6) is 11.8 Å². The molecule has 0 saturated carbocycles. The smallest absolute Gasteiger partial charge is 0.316 e. The summed E-state index contributed by atoms with van der Waals surface area (Å²) in [6.45, 7) is 0.661. The van der Waals surface area contributed by atoms with Gasteiger partial charge in [-0.2, -0.15) is 4.31 Å². The molecule has 3 rings (SSSR count). The van der Waals surface area contributed by atoms with Gasteiger partial charge in [-0.1, -0.05) is 23.7 Å². The third kappa shape index (κ3) is 4.02. The molecule has 0 amide bonds. The number of hydrogen-bond acceptors (Lipinski definition) is 6. The van der Waals surface area contributed by atoms with Crippen LogP contribution < -0.4 is 9.47 Å². The second-order valence-corrected chi connectivity index (χ2v) is 7.92. The lowest BCUT2D eigenvalue weighted by Gasteiger charge is -2.31. The fraction of sp³-hybridized carbons (Fsp3) is 0.375. The van der Waals surface area contributed by atoms with E-state index in [-0.39, 0.29) is 23.6 Å². The van der Waals surface area contributed by atoms with E-state index in [4.69, 9.17) is 21.1 Å². The Morgan fingerprint density at radius 1 is 1.24 bits per heavy atom. The van der Waals surface area contributed by atoms with Crippen molar-refractivity contribution in [2.45, 2.75) is 23.8 Å². The monoisotopic (exact) mass is 383 g/mol. The minimum atomic E-state index is -3.67. The Morgan fingerprint density at radius 3 is 2.68 bits per heavy atom. The number of nitrogens with zero attached hydrogens (tertiary/aromatic N) is 3. The molecule has 0 aliphatic carbocycles. The van der Waals surface area contributed by atoms with E-state index in [1.165, 1.54) is 23.8 Å². The molecule has 1 unspecified atom stereocenters. The van der Waals surface area contributed by atoms with E-state index in [1.807, 2.05) is 0 Å². The summed E-state index contributed by atoms with van der Waals surface area (Å²) in [4.78, 5) is 8.14. The molecule has 2 aromatic rings. The van der Waals surface area contributed by atoms with Crippen LogP contribution in [0.15, 0.2) is 41.6 Å². The van der Waals surface area contributed by atoms with E-state index in [0.717, 1.165) is 6.42 Å². The van der Waals surface area contributed by atoms with Crippen molar-refractivity contribution in [3.63, 3.8) is 0 Å². The fourth-order valence-electron chi connectivity index (χ4n) is 2.70. The van der Waals surface area contributed by atoms with Crippen molar-refractivity contribution in [3.8, 4) is 11.8 Å². The predicted molar refractivity (Wildman–Crippen MR) is 92.4 cm³/mol. The molecule has 0 radical (unpaired) electrons. The summed E-state index contributed by atoms with van der Waals surface area (Å²) in [5, 5.41) is 0.413. The lowest BCUT2D eigenvalue weighted by molar-refractivity contribution is 0.119. The van der Waals surface area contributed by atoms with E-state index in [2.05, 4.69) is 9.97 Å². The molecule has 1 aliphatic heterocycles. The molecule has 1 aromatic heterocycles. The second-order valence-electron chi connectivity index (χ2n) is 5.58. The minimum Gasteiger partial charge on any atom is -0.495 e. The van der Waals surface area contributed by atoms with Crippen molar-refractivity contribution in [2.24, 2.45) is 0 Å². The van der Waals surface area contributed by atoms with E-state index in [9.17, 15) is 8.42 Å².